The van der Waals surface area contributed by atoms with Crippen molar-refractivity contribution >= 4 is 34.8 Å². The van der Waals surface area contributed by atoms with Crippen LogP contribution in [0.1, 0.15) is 5.56 Å². The number of halogens is 5. The predicted octanol–water partition coefficient (Wildman–Crippen LogP) is 5.35. The number of nitrogens with one attached hydrogen (secondary N) is 3. The number of nitrogens with zero attached hydrogens (tertiary/aromatic N) is 2. The zero-order chi connectivity index (χ0) is 29.6. The van der Waals surface area contributed by atoms with E-state index in [1.165, 1.54) is 41.3 Å². The van der Waals surface area contributed by atoms with Crippen LogP contribution in [0.25, 0.3) is 0 Å². The van der Waals surface area contributed by atoms with Gasteiger partial charge in [-0.3, -0.25) is 0 Å². The molecule has 0 atom stereocenters. The lowest BCUT2D eigenvalue weighted by Gasteiger charge is -2.36. The van der Waals surface area contributed by atoms with Gasteiger partial charge in [-0.1, -0.05) is 12.1 Å². The van der Waals surface area contributed by atoms with Crippen LogP contribution in [0.2, 0.25) is 0 Å². The van der Waals surface area contributed by atoms with Gasteiger partial charge in [0.05, 0.1) is 29.2 Å². The summed E-state index contributed by atoms with van der Waals surface area (Å²) in [6.45, 7) is 0.0591. The SMILES string of the molecule is O=C(Nc1ccc(N2CCN(C(=O)Nc3ccc(OCCO)cc3C(F)(F)F)CC2)c(F)c1)Nc1ccccc1F. The van der Waals surface area contributed by atoms with E-state index in [1.807, 2.05) is 0 Å². The number of aliphatic hydroxyl groups excluding tert-OH is 1. The van der Waals surface area contributed by atoms with E-state index in [0.717, 1.165) is 18.2 Å². The summed E-state index contributed by atoms with van der Waals surface area (Å²) in [4.78, 5) is 27.9. The molecule has 0 radical (unpaired) electrons. The van der Waals surface area contributed by atoms with Crippen LogP contribution < -0.4 is 25.6 Å². The number of carbonyl (C=O) groups is 2. The third kappa shape index (κ3) is 7.54. The van der Waals surface area contributed by atoms with E-state index in [0.29, 0.717) is 0 Å². The molecular weight excluding hydrogens is 553 g/mol. The first-order valence-electron chi connectivity index (χ1n) is 12.4. The van der Waals surface area contributed by atoms with Crippen LogP contribution in [-0.4, -0.2) is 61.5 Å². The number of para-hydroxylation sites is 1. The molecule has 1 aliphatic heterocycles. The van der Waals surface area contributed by atoms with Gasteiger partial charge in [0.2, 0.25) is 0 Å². The lowest BCUT2D eigenvalue weighted by molar-refractivity contribution is -0.137. The van der Waals surface area contributed by atoms with Crippen LogP contribution in [0.15, 0.2) is 60.7 Å². The lowest BCUT2D eigenvalue weighted by atomic mass is 10.1. The second kappa shape index (κ2) is 12.7. The van der Waals surface area contributed by atoms with Gasteiger partial charge < -0.3 is 35.6 Å². The average Bonchev–Trinajstić information content (AvgIpc) is 2.93. The number of urea groups is 2. The molecule has 1 heterocycles. The van der Waals surface area contributed by atoms with Crippen molar-refractivity contribution in [2.45, 2.75) is 6.18 Å². The van der Waals surface area contributed by atoms with Gasteiger partial charge in [0.15, 0.2) is 0 Å². The summed E-state index contributed by atoms with van der Waals surface area (Å²) in [6, 6.07) is 11.1. The van der Waals surface area contributed by atoms with Gasteiger partial charge in [0.1, 0.15) is 24.0 Å². The minimum atomic E-state index is -4.77. The van der Waals surface area contributed by atoms with E-state index in [9.17, 15) is 31.5 Å². The van der Waals surface area contributed by atoms with Crippen LogP contribution in [-0.2, 0) is 6.18 Å². The minimum Gasteiger partial charge on any atom is -0.491 e. The van der Waals surface area contributed by atoms with Crippen LogP contribution in [0.5, 0.6) is 5.75 Å². The summed E-state index contributed by atoms with van der Waals surface area (Å²) in [5.41, 5.74) is -1.25. The average molecular weight is 580 g/mol. The Morgan fingerprint density at radius 3 is 2.24 bits per heavy atom. The first kappa shape index (κ1) is 29.4. The van der Waals surface area contributed by atoms with E-state index >= 15 is 0 Å². The Labute approximate surface area is 231 Å². The molecule has 0 bridgehead atoms. The van der Waals surface area contributed by atoms with E-state index in [-0.39, 0.29) is 62.2 Å². The lowest BCUT2D eigenvalue weighted by Crippen LogP contribution is -2.50. The molecule has 14 heteroatoms. The standard InChI is InChI=1S/C27H26F5N5O4/c28-20-3-1-2-4-23(20)34-25(39)33-17-5-8-24(21(29)15-17)36-9-11-37(12-10-36)26(40)35-22-7-6-18(41-14-13-38)16-19(22)27(30,31)32/h1-8,15-16,38H,9-14H2,(H,35,40)(H2,33,34,39). The summed E-state index contributed by atoms with van der Waals surface area (Å²) in [5.74, 6) is -1.38. The topological polar surface area (TPSA) is 106 Å². The molecule has 3 aromatic carbocycles. The zero-order valence-electron chi connectivity index (χ0n) is 21.5. The molecule has 1 saturated heterocycles. The first-order valence-corrected chi connectivity index (χ1v) is 12.4. The van der Waals surface area contributed by atoms with Crippen molar-refractivity contribution in [2.24, 2.45) is 0 Å². The molecule has 218 valence electrons. The van der Waals surface area contributed by atoms with Gasteiger partial charge in [-0.25, -0.2) is 18.4 Å². The Kier molecular flexibility index (Phi) is 9.12. The van der Waals surface area contributed by atoms with Crippen LogP contribution in [0.3, 0.4) is 0 Å². The molecule has 0 saturated carbocycles. The monoisotopic (exact) mass is 579 g/mol. The fourth-order valence-electron chi connectivity index (χ4n) is 4.15. The smallest absolute Gasteiger partial charge is 0.418 e. The number of rotatable bonds is 7. The summed E-state index contributed by atoms with van der Waals surface area (Å²) >= 11 is 0. The Hall–Kier alpha value is -4.59. The molecule has 1 aliphatic rings. The number of aliphatic hydroxyl groups is 1. The highest BCUT2D eigenvalue weighted by molar-refractivity contribution is 6.00. The van der Waals surface area contributed by atoms with E-state index in [2.05, 4.69) is 16.0 Å². The quantitative estimate of drug-likeness (QED) is 0.283. The molecular formula is C27H26F5N5O4. The number of hydrogen-bond acceptors (Lipinski definition) is 5. The fraction of sp³-hybridized carbons (Fsp3) is 0.259. The number of carbonyl (C=O) groups excluding carboxylic acids is 2. The van der Waals surface area contributed by atoms with Gasteiger partial charge in [-0.05, 0) is 48.5 Å². The van der Waals surface area contributed by atoms with Crippen molar-refractivity contribution in [2.75, 3.05) is 60.2 Å². The molecule has 4 rings (SSSR count). The maximum atomic E-state index is 14.9. The highest BCUT2D eigenvalue weighted by atomic mass is 19.4. The number of benzene rings is 3. The van der Waals surface area contributed by atoms with E-state index in [4.69, 9.17) is 9.84 Å². The van der Waals surface area contributed by atoms with Crippen LogP contribution in [0, 0.1) is 11.6 Å². The van der Waals surface area contributed by atoms with Gasteiger partial charge in [0, 0.05) is 31.9 Å². The molecule has 3 aromatic rings. The van der Waals surface area contributed by atoms with Crippen molar-refractivity contribution in [3.8, 4) is 5.75 Å². The second-order valence-electron chi connectivity index (χ2n) is 8.91. The maximum Gasteiger partial charge on any atom is 0.418 e. The van der Waals surface area contributed by atoms with Gasteiger partial charge >= 0.3 is 18.2 Å². The predicted molar refractivity (Wildman–Crippen MR) is 142 cm³/mol. The van der Waals surface area contributed by atoms with Crippen LogP contribution in [0.4, 0.5) is 54.3 Å². The molecule has 4 amide bonds. The van der Waals surface area contributed by atoms with Gasteiger partial charge in [-0.15, -0.1) is 0 Å². The number of anilines is 4. The second-order valence-corrected chi connectivity index (χ2v) is 8.91. The number of piperazine rings is 1. The molecule has 0 aliphatic carbocycles. The molecule has 4 N–H and O–H groups in total. The first-order chi connectivity index (χ1) is 19.5. The Morgan fingerprint density at radius 2 is 1.59 bits per heavy atom. The summed E-state index contributed by atoms with van der Waals surface area (Å²) in [7, 11) is 0. The fourth-order valence-corrected chi connectivity index (χ4v) is 4.15. The molecule has 41 heavy (non-hydrogen) atoms. The normalized spacial score (nSPS) is 13.5. The molecule has 0 unspecified atom stereocenters. The highest BCUT2D eigenvalue weighted by Gasteiger charge is 2.35. The van der Waals surface area contributed by atoms with Crippen molar-refractivity contribution in [3.05, 3.63) is 77.9 Å². The van der Waals surface area contributed by atoms with Crippen molar-refractivity contribution < 1.29 is 41.4 Å². The Balaban J connectivity index is 1.34. The van der Waals surface area contributed by atoms with Gasteiger partial charge in [0.25, 0.3) is 0 Å². The molecule has 1 fully saturated rings. The number of hydrogen-bond donors (Lipinski definition) is 4. The summed E-state index contributed by atoms with van der Waals surface area (Å²) in [6.07, 6.45) is -4.77. The summed E-state index contributed by atoms with van der Waals surface area (Å²) in [5, 5.41) is 15.9. The van der Waals surface area contributed by atoms with E-state index < -0.39 is 41.1 Å². The highest BCUT2D eigenvalue weighted by Crippen LogP contribution is 2.37. The van der Waals surface area contributed by atoms with Crippen LogP contribution >= 0.6 is 0 Å². The molecule has 9 nitrogen and oxygen atoms in total. The van der Waals surface area contributed by atoms with Crippen molar-refractivity contribution in [3.63, 3.8) is 0 Å². The Bertz CT molecular complexity index is 1400. The van der Waals surface area contributed by atoms with Crippen molar-refractivity contribution in [1.82, 2.24) is 4.90 Å². The van der Waals surface area contributed by atoms with Gasteiger partial charge in [-0.2, -0.15) is 13.2 Å². The van der Waals surface area contributed by atoms with E-state index in [1.54, 1.807) is 11.0 Å². The third-order valence-electron chi connectivity index (χ3n) is 6.13. The Morgan fingerprint density at radius 1 is 0.854 bits per heavy atom. The number of ether oxygens (including phenoxy) is 1. The minimum absolute atomic E-state index is 0.0392. The largest absolute Gasteiger partial charge is 0.491 e. The molecule has 0 spiro atoms. The zero-order valence-corrected chi connectivity index (χ0v) is 21.5. The number of amides is 4. The molecule has 0 aromatic heterocycles. The number of alkyl halides is 3. The summed E-state index contributed by atoms with van der Waals surface area (Å²) < 4.78 is 74.4. The van der Waals surface area contributed by atoms with Crippen molar-refractivity contribution in [1.29, 1.82) is 0 Å². The maximum absolute atomic E-state index is 14.9. The third-order valence-corrected chi connectivity index (χ3v) is 6.13.